The molecule has 0 unspecified atom stereocenters. The van der Waals surface area contributed by atoms with Gasteiger partial charge in [-0.05, 0) is 24.9 Å². The second-order valence-corrected chi connectivity index (χ2v) is 6.78. The van der Waals surface area contributed by atoms with E-state index >= 15 is 0 Å². The topological polar surface area (TPSA) is 126 Å². The third-order valence-corrected chi connectivity index (χ3v) is 4.42. The smallest absolute Gasteiger partial charge is 0.190 e. The van der Waals surface area contributed by atoms with Crippen molar-refractivity contribution < 1.29 is 29.2 Å². The van der Waals surface area contributed by atoms with Crippen molar-refractivity contribution in [2.75, 3.05) is 6.61 Å². The molecule has 3 rings (SSSR count). The average Bonchev–Trinajstić information content (AvgIpc) is 3.09. The van der Waals surface area contributed by atoms with Gasteiger partial charge in [0.1, 0.15) is 18.3 Å². The quantitative estimate of drug-likeness (QED) is 0.428. The lowest BCUT2D eigenvalue weighted by Crippen LogP contribution is -2.47. The summed E-state index contributed by atoms with van der Waals surface area (Å²) in [6.45, 7) is 3.25. The van der Waals surface area contributed by atoms with Gasteiger partial charge in [0.05, 0.1) is 25.4 Å². The molecule has 2 heterocycles. The molecule has 0 aliphatic carbocycles. The van der Waals surface area contributed by atoms with E-state index in [4.69, 9.17) is 24.5 Å². The van der Waals surface area contributed by atoms with Crippen LogP contribution in [0, 0.1) is 0 Å². The number of aliphatic hydroxyl groups is 2. The van der Waals surface area contributed by atoms with Gasteiger partial charge >= 0.3 is 0 Å². The fourth-order valence-electron chi connectivity index (χ4n) is 3.26. The third-order valence-electron chi connectivity index (χ3n) is 4.42. The third kappa shape index (κ3) is 3.99. The summed E-state index contributed by atoms with van der Waals surface area (Å²) in [6.07, 6.45) is -3.99. The molecular formula is C17H23N3O6. The van der Waals surface area contributed by atoms with Crippen molar-refractivity contribution in [3.05, 3.63) is 46.3 Å². The van der Waals surface area contributed by atoms with E-state index in [0.29, 0.717) is 0 Å². The highest BCUT2D eigenvalue weighted by Crippen LogP contribution is 2.40. The lowest BCUT2D eigenvalue weighted by atomic mass is 9.99. The Morgan fingerprint density at radius 2 is 2.04 bits per heavy atom. The standard InChI is InChI=1S/C17H23N3O6/c1-17(2)25-15-14(23-9-10-6-4-3-5-7-10)13(24-16(15)26-17)12(19-20-18)11(22)8-21/h3-7,11-16,21-22H,8-9H2,1-2H3/t11-,12+,13-,14+,15-,16-/m1/s1. The predicted octanol–water partition coefficient (Wildman–Crippen LogP) is 1.48. The van der Waals surface area contributed by atoms with Crippen LogP contribution < -0.4 is 0 Å². The highest BCUT2D eigenvalue weighted by atomic mass is 16.8. The van der Waals surface area contributed by atoms with Crippen LogP contribution in [0.3, 0.4) is 0 Å². The van der Waals surface area contributed by atoms with E-state index in [-0.39, 0.29) is 6.61 Å². The van der Waals surface area contributed by atoms with Gasteiger partial charge in [-0.1, -0.05) is 35.4 Å². The molecule has 2 aliphatic heterocycles. The van der Waals surface area contributed by atoms with Gasteiger partial charge in [-0.25, -0.2) is 0 Å². The van der Waals surface area contributed by atoms with Gasteiger partial charge in [0.15, 0.2) is 12.1 Å². The van der Waals surface area contributed by atoms with Gasteiger partial charge in [-0.15, -0.1) is 0 Å². The summed E-state index contributed by atoms with van der Waals surface area (Å²) in [5, 5.41) is 22.9. The van der Waals surface area contributed by atoms with Crippen molar-refractivity contribution in [3.63, 3.8) is 0 Å². The molecule has 2 aliphatic rings. The lowest BCUT2D eigenvalue weighted by Gasteiger charge is -2.30. The van der Waals surface area contributed by atoms with Crippen molar-refractivity contribution in [1.82, 2.24) is 0 Å². The van der Waals surface area contributed by atoms with E-state index in [1.165, 1.54) is 0 Å². The highest BCUT2D eigenvalue weighted by molar-refractivity contribution is 5.13. The molecule has 9 nitrogen and oxygen atoms in total. The van der Waals surface area contributed by atoms with E-state index in [1.807, 2.05) is 30.3 Å². The Morgan fingerprint density at radius 1 is 1.31 bits per heavy atom. The number of benzene rings is 1. The summed E-state index contributed by atoms with van der Waals surface area (Å²) < 4.78 is 23.5. The molecule has 0 bridgehead atoms. The largest absolute Gasteiger partial charge is 0.394 e. The number of aliphatic hydroxyl groups excluding tert-OH is 2. The number of nitrogens with zero attached hydrogens (tertiary/aromatic N) is 3. The molecule has 0 saturated carbocycles. The number of ether oxygens (including phenoxy) is 4. The van der Waals surface area contributed by atoms with Crippen LogP contribution in [0.4, 0.5) is 0 Å². The highest BCUT2D eigenvalue weighted by Gasteiger charge is 2.57. The van der Waals surface area contributed by atoms with Crippen LogP contribution >= 0.6 is 0 Å². The molecule has 9 heteroatoms. The molecule has 1 aromatic rings. The molecule has 1 aromatic carbocycles. The molecule has 26 heavy (non-hydrogen) atoms. The first kappa shape index (κ1) is 19.1. The van der Waals surface area contributed by atoms with Gasteiger partial charge in [0.2, 0.25) is 0 Å². The van der Waals surface area contributed by atoms with Crippen LogP contribution in [0.5, 0.6) is 0 Å². The summed E-state index contributed by atoms with van der Waals surface area (Å²) in [6, 6.07) is 8.53. The fraction of sp³-hybridized carbons (Fsp3) is 0.647. The van der Waals surface area contributed by atoms with Crippen molar-refractivity contribution in [3.8, 4) is 0 Å². The van der Waals surface area contributed by atoms with Crippen molar-refractivity contribution in [2.45, 2.75) is 63.0 Å². The van der Waals surface area contributed by atoms with Crippen LogP contribution in [0.2, 0.25) is 0 Å². The normalized spacial score (nSPS) is 31.8. The zero-order chi connectivity index (χ0) is 18.7. The summed E-state index contributed by atoms with van der Waals surface area (Å²) >= 11 is 0. The van der Waals surface area contributed by atoms with Gasteiger partial charge in [-0.2, -0.15) is 0 Å². The van der Waals surface area contributed by atoms with Gasteiger partial charge in [0.25, 0.3) is 0 Å². The molecule has 0 aromatic heterocycles. The van der Waals surface area contributed by atoms with E-state index in [9.17, 15) is 10.2 Å². The summed E-state index contributed by atoms with van der Waals surface area (Å²) in [7, 11) is 0. The second kappa shape index (κ2) is 7.89. The zero-order valence-electron chi connectivity index (χ0n) is 14.6. The first-order chi connectivity index (χ1) is 12.4. The molecule has 0 amide bonds. The first-order valence-corrected chi connectivity index (χ1v) is 8.45. The van der Waals surface area contributed by atoms with E-state index in [1.54, 1.807) is 13.8 Å². The minimum absolute atomic E-state index is 0.288. The maximum absolute atomic E-state index is 10.0. The second-order valence-electron chi connectivity index (χ2n) is 6.78. The maximum atomic E-state index is 10.0. The number of fused-ring (bicyclic) bond motifs is 1. The van der Waals surface area contributed by atoms with Gasteiger partial charge in [0, 0.05) is 4.91 Å². The molecule has 6 atom stereocenters. The summed E-state index contributed by atoms with van der Waals surface area (Å²) in [5.74, 6) is -0.835. The number of azide groups is 1. The monoisotopic (exact) mass is 365 g/mol. The SMILES string of the molecule is CC1(C)O[C@H]2O[C@H]([C@@H](N=[N+]=[N-])[C@H](O)CO)[C@H](OCc3ccccc3)[C@H]2O1. The Hall–Kier alpha value is -1.71. The number of hydrogen-bond acceptors (Lipinski definition) is 7. The Morgan fingerprint density at radius 3 is 2.69 bits per heavy atom. The first-order valence-electron chi connectivity index (χ1n) is 8.45. The van der Waals surface area contributed by atoms with E-state index in [0.717, 1.165) is 5.56 Å². The number of rotatable bonds is 7. The molecule has 2 fully saturated rings. The number of hydrogen-bond donors (Lipinski definition) is 2. The van der Waals surface area contributed by atoms with Gasteiger partial charge < -0.3 is 29.2 Å². The van der Waals surface area contributed by atoms with E-state index in [2.05, 4.69) is 10.0 Å². The minimum Gasteiger partial charge on any atom is -0.394 e. The van der Waals surface area contributed by atoms with Crippen LogP contribution in [-0.2, 0) is 25.6 Å². The van der Waals surface area contributed by atoms with Crippen LogP contribution in [0.1, 0.15) is 19.4 Å². The molecule has 2 saturated heterocycles. The zero-order valence-corrected chi connectivity index (χ0v) is 14.6. The Labute approximate surface area is 151 Å². The average molecular weight is 365 g/mol. The predicted molar refractivity (Wildman–Crippen MR) is 89.7 cm³/mol. The fourth-order valence-corrected chi connectivity index (χ4v) is 3.26. The maximum Gasteiger partial charge on any atom is 0.190 e. The van der Waals surface area contributed by atoms with Crippen molar-refractivity contribution in [2.24, 2.45) is 5.11 Å². The molecule has 2 N–H and O–H groups in total. The molecule has 142 valence electrons. The van der Waals surface area contributed by atoms with Crippen LogP contribution in [0.15, 0.2) is 35.4 Å². The molecule has 0 spiro atoms. The lowest BCUT2D eigenvalue weighted by molar-refractivity contribution is -0.224. The Kier molecular flexibility index (Phi) is 5.79. The summed E-state index contributed by atoms with van der Waals surface area (Å²) in [5.41, 5.74) is 9.78. The Balaban J connectivity index is 1.81. The Bertz CT molecular complexity index is 651. The minimum atomic E-state index is -1.29. The molecule has 0 radical (unpaired) electrons. The summed E-state index contributed by atoms with van der Waals surface area (Å²) in [4.78, 5) is 2.76. The molecular weight excluding hydrogens is 342 g/mol. The van der Waals surface area contributed by atoms with Crippen LogP contribution in [-0.4, -0.2) is 59.4 Å². The van der Waals surface area contributed by atoms with Crippen LogP contribution in [0.25, 0.3) is 10.4 Å². The van der Waals surface area contributed by atoms with Crippen molar-refractivity contribution >= 4 is 0 Å². The van der Waals surface area contributed by atoms with Gasteiger partial charge in [-0.3, -0.25) is 0 Å². The van der Waals surface area contributed by atoms with E-state index < -0.39 is 49.1 Å². The van der Waals surface area contributed by atoms with Crippen molar-refractivity contribution in [1.29, 1.82) is 0 Å².